The minimum atomic E-state index is -0.257. The molecule has 0 saturated heterocycles. The van der Waals surface area contributed by atoms with Gasteiger partial charge in [-0.1, -0.05) is 17.7 Å². The van der Waals surface area contributed by atoms with Crippen LogP contribution in [0.1, 0.15) is 62.8 Å². The van der Waals surface area contributed by atoms with Crippen LogP contribution in [0, 0.1) is 11.7 Å². The summed E-state index contributed by atoms with van der Waals surface area (Å²) >= 11 is 6.20. The molecule has 0 amide bonds. The molecule has 2 nitrogen and oxygen atoms in total. The third kappa shape index (κ3) is 4.46. The summed E-state index contributed by atoms with van der Waals surface area (Å²) in [5.74, 6) is 0.980. The van der Waals surface area contributed by atoms with Crippen LogP contribution in [0.25, 0.3) is 0 Å². The van der Waals surface area contributed by atoms with Crippen molar-refractivity contribution in [2.45, 2.75) is 69.4 Å². The Morgan fingerprint density at radius 2 is 1.91 bits per heavy atom. The van der Waals surface area contributed by atoms with E-state index in [1.54, 1.807) is 0 Å². The van der Waals surface area contributed by atoms with Crippen molar-refractivity contribution in [2.24, 2.45) is 5.92 Å². The van der Waals surface area contributed by atoms with Crippen LogP contribution in [0.4, 0.5) is 4.39 Å². The van der Waals surface area contributed by atoms with Crippen molar-refractivity contribution in [3.63, 3.8) is 0 Å². The lowest BCUT2D eigenvalue weighted by Crippen LogP contribution is -2.36. The number of aliphatic hydroxyl groups excluding tert-OH is 1. The van der Waals surface area contributed by atoms with Gasteiger partial charge in [-0.05, 0) is 87.4 Å². The van der Waals surface area contributed by atoms with E-state index in [2.05, 4.69) is 5.32 Å². The molecular formula is C19H27ClFNO. The summed E-state index contributed by atoms with van der Waals surface area (Å²) in [6, 6.07) is 5.11. The fourth-order valence-electron chi connectivity index (χ4n) is 4.25. The van der Waals surface area contributed by atoms with Gasteiger partial charge in [-0.2, -0.15) is 0 Å². The molecule has 0 spiro atoms. The predicted molar refractivity (Wildman–Crippen MR) is 92.4 cm³/mol. The minimum Gasteiger partial charge on any atom is -0.392 e. The van der Waals surface area contributed by atoms with Gasteiger partial charge in [0.2, 0.25) is 0 Å². The molecule has 0 radical (unpaired) electrons. The number of nitrogens with one attached hydrogen (secondary N) is 1. The topological polar surface area (TPSA) is 32.3 Å². The molecule has 2 saturated carbocycles. The van der Waals surface area contributed by atoms with Gasteiger partial charge < -0.3 is 10.4 Å². The van der Waals surface area contributed by atoms with E-state index >= 15 is 0 Å². The van der Waals surface area contributed by atoms with Gasteiger partial charge in [-0.15, -0.1) is 0 Å². The van der Waals surface area contributed by atoms with Crippen LogP contribution in [-0.4, -0.2) is 23.8 Å². The highest BCUT2D eigenvalue weighted by atomic mass is 35.5. The van der Waals surface area contributed by atoms with Gasteiger partial charge in [-0.3, -0.25) is 0 Å². The van der Waals surface area contributed by atoms with Gasteiger partial charge >= 0.3 is 0 Å². The molecule has 2 atom stereocenters. The van der Waals surface area contributed by atoms with Crippen LogP contribution in [-0.2, 0) is 0 Å². The Morgan fingerprint density at radius 1 is 1.13 bits per heavy atom. The molecule has 2 aliphatic rings. The average Bonchev–Trinajstić information content (AvgIpc) is 2.94. The third-order valence-corrected chi connectivity index (χ3v) is 6.01. The second-order valence-corrected chi connectivity index (χ2v) is 7.64. The number of hydrogen-bond acceptors (Lipinski definition) is 2. The normalized spacial score (nSPS) is 31.4. The lowest BCUT2D eigenvalue weighted by Gasteiger charge is -2.30. The standard InChI is InChI=1S/C19H27ClFNO/c20-17-12-15(21)8-9-16(17)14-6-4-13(5-7-14)10-11-22-18-2-1-3-19(18)23/h8-9,12-14,18-19,22-23H,1-7,10-11H2/t13-,14+,18?,19?. The quantitative estimate of drug-likeness (QED) is 0.818. The van der Waals surface area contributed by atoms with Crippen LogP contribution < -0.4 is 5.32 Å². The Bertz CT molecular complexity index is 516. The lowest BCUT2D eigenvalue weighted by molar-refractivity contribution is 0.147. The third-order valence-electron chi connectivity index (χ3n) is 5.69. The van der Waals surface area contributed by atoms with Gasteiger partial charge in [-0.25, -0.2) is 4.39 Å². The van der Waals surface area contributed by atoms with E-state index in [1.807, 2.05) is 6.07 Å². The van der Waals surface area contributed by atoms with E-state index in [9.17, 15) is 9.50 Å². The van der Waals surface area contributed by atoms with Crippen molar-refractivity contribution >= 4 is 11.6 Å². The molecule has 0 aromatic heterocycles. The Labute approximate surface area is 143 Å². The van der Waals surface area contributed by atoms with Gasteiger partial charge in [0.25, 0.3) is 0 Å². The van der Waals surface area contributed by atoms with E-state index in [0.717, 1.165) is 50.1 Å². The smallest absolute Gasteiger partial charge is 0.124 e. The number of hydrogen-bond donors (Lipinski definition) is 2. The molecule has 23 heavy (non-hydrogen) atoms. The maximum absolute atomic E-state index is 13.2. The molecule has 128 valence electrons. The zero-order valence-corrected chi connectivity index (χ0v) is 14.4. The SMILES string of the molecule is OC1CCCC1NCC[C@H]1CC[C@@H](c2ccc(F)cc2Cl)CC1. The van der Waals surface area contributed by atoms with E-state index in [0.29, 0.717) is 17.0 Å². The summed E-state index contributed by atoms with van der Waals surface area (Å²) in [6.07, 6.45) is 8.95. The largest absolute Gasteiger partial charge is 0.392 e. The predicted octanol–water partition coefficient (Wildman–Crippen LogP) is 4.65. The van der Waals surface area contributed by atoms with Crippen molar-refractivity contribution in [3.05, 3.63) is 34.6 Å². The second kappa shape index (κ2) is 7.96. The summed E-state index contributed by atoms with van der Waals surface area (Å²) in [4.78, 5) is 0. The maximum Gasteiger partial charge on any atom is 0.124 e. The molecule has 2 N–H and O–H groups in total. The van der Waals surface area contributed by atoms with E-state index in [1.165, 1.54) is 31.4 Å². The van der Waals surface area contributed by atoms with E-state index in [4.69, 9.17) is 11.6 Å². The molecule has 2 fully saturated rings. The molecular weight excluding hydrogens is 313 g/mol. The number of rotatable bonds is 5. The Morgan fingerprint density at radius 3 is 2.57 bits per heavy atom. The number of aliphatic hydroxyl groups is 1. The van der Waals surface area contributed by atoms with Gasteiger partial charge in [0.15, 0.2) is 0 Å². The molecule has 2 unspecified atom stereocenters. The molecule has 2 aliphatic carbocycles. The molecule has 1 aromatic rings. The van der Waals surface area contributed by atoms with Crippen LogP contribution >= 0.6 is 11.6 Å². The summed E-state index contributed by atoms with van der Waals surface area (Å²) in [5.41, 5.74) is 1.11. The first-order valence-electron chi connectivity index (χ1n) is 9.00. The highest BCUT2D eigenvalue weighted by Gasteiger charge is 2.26. The van der Waals surface area contributed by atoms with Crippen molar-refractivity contribution in [1.82, 2.24) is 5.32 Å². The lowest BCUT2D eigenvalue weighted by atomic mass is 9.77. The monoisotopic (exact) mass is 339 g/mol. The van der Waals surface area contributed by atoms with Crippen LogP contribution in [0.2, 0.25) is 5.02 Å². The van der Waals surface area contributed by atoms with Crippen molar-refractivity contribution < 1.29 is 9.50 Å². The molecule has 0 heterocycles. The molecule has 4 heteroatoms. The minimum absolute atomic E-state index is 0.147. The highest BCUT2D eigenvalue weighted by Crippen LogP contribution is 2.39. The summed E-state index contributed by atoms with van der Waals surface area (Å²) in [5, 5.41) is 13.9. The highest BCUT2D eigenvalue weighted by molar-refractivity contribution is 6.31. The van der Waals surface area contributed by atoms with Gasteiger partial charge in [0.05, 0.1) is 6.10 Å². The van der Waals surface area contributed by atoms with E-state index < -0.39 is 0 Å². The van der Waals surface area contributed by atoms with Crippen molar-refractivity contribution in [2.75, 3.05) is 6.54 Å². The van der Waals surface area contributed by atoms with Crippen LogP contribution in [0.5, 0.6) is 0 Å². The summed E-state index contributed by atoms with van der Waals surface area (Å²) < 4.78 is 13.2. The molecule has 0 aliphatic heterocycles. The van der Waals surface area contributed by atoms with Gasteiger partial charge in [0.1, 0.15) is 5.82 Å². The Balaban J connectivity index is 1.41. The van der Waals surface area contributed by atoms with Crippen LogP contribution in [0.3, 0.4) is 0 Å². The molecule has 1 aromatic carbocycles. The first-order chi connectivity index (χ1) is 11.1. The van der Waals surface area contributed by atoms with E-state index in [-0.39, 0.29) is 11.9 Å². The fourth-order valence-corrected chi connectivity index (χ4v) is 4.57. The zero-order chi connectivity index (χ0) is 16.2. The van der Waals surface area contributed by atoms with Crippen molar-refractivity contribution in [3.8, 4) is 0 Å². The van der Waals surface area contributed by atoms with Crippen LogP contribution in [0.15, 0.2) is 18.2 Å². The Hall–Kier alpha value is -0.640. The Kier molecular flexibility index (Phi) is 5.95. The fraction of sp³-hybridized carbons (Fsp3) is 0.684. The first kappa shape index (κ1) is 17.2. The average molecular weight is 340 g/mol. The van der Waals surface area contributed by atoms with Crippen molar-refractivity contribution in [1.29, 1.82) is 0 Å². The zero-order valence-electron chi connectivity index (χ0n) is 13.6. The maximum atomic E-state index is 13.2. The molecule has 0 bridgehead atoms. The second-order valence-electron chi connectivity index (χ2n) is 7.23. The number of halogens is 2. The van der Waals surface area contributed by atoms with Gasteiger partial charge in [0, 0.05) is 11.1 Å². The summed E-state index contributed by atoms with van der Waals surface area (Å²) in [6.45, 7) is 1.01. The molecule has 3 rings (SSSR count). The number of benzene rings is 1. The first-order valence-corrected chi connectivity index (χ1v) is 9.37. The summed E-state index contributed by atoms with van der Waals surface area (Å²) in [7, 11) is 0.